The van der Waals surface area contributed by atoms with Crippen molar-refractivity contribution in [1.29, 1.82) is 0 Å². The molecule has 1 aromatic carbocycles. The molecule has 3 heterocycles. The monoisotopic (exact) mass is 362 g/mol. The SMILES string of the molecule is O=c1c2ncn([C@@H]3O[C@H](CO)C(O)[C@@H]3O)c2ncn1-c1cccc(F)c1. The molecular weight excluding hydrogens is 347 g/mol. The number of aliphatic hydroxyl groups excluding tert-OH is 3. The summed E-state index contributed by atoms with van der Waals surface area (Å²) < 4.78 is 21.3. The highest BCUT2D eigenvalue weighted by Crippen LogP contribution is 2.30. The van der Waals surface area contributed by atoms with Gasteiger partial charge >= 0.3 is 0 Å². The molecule has 0 amide bonds. The lowest BCUT2D eigenvalue weighted by molar-refractivity contribution is -0.0511. The van der Waals surface area contributed by atoms with Crippen molar-refractivity contribution in [2.75, 3.05) is 6.61 Å². The predicted molar refractivity (Wildman–Crippen MR) is 86.1 cm³/mol. The lowest BCUT2D eigenvalue weighted by atomic mass is 10.1. The molecule has 0 bridgehead atoms. The first-order valence-corrected chi connectivity index (χ1v) is 7.84. The summed E-state index contributed by atoms with van der Waals surface area (Å²) in [5, 5.41) is 29.2. The summed E-state index contributed by atoms with van der Waals surface area (Å²) in [5.74, 6) is -0.494. The number of benzene rings is 1. The largest absolute Gasteiger partial charge is 0.394 e. The van der Waals surface area contributed by atoms with E-state index >= 15 is 0 Å². The van der Waals surface area contributed by atoms with Gasteiger partial charge in [-0.15, -0.1) is 0 Å². The van der Waals surface area contributed by atoms with E-state index < -0.39 is 42.5 Å². The number of hydrogen-bond acceptors (Lipinski definition) is 7. The third-order valence-corrected chi connectivity index (χ3v) is 4.36. The van der Waals surface area contributed by atoms with Crippen molar-refractivity contribution in [3.8, 4) is 5.69 Å². The second-order valence-electron chi connectivity index (χ2n) is 5.95. The fourth-order valence-electron chi connectivity index (χ4n) is 3.02. The van der Waals surface area contributed by atoms with Crippen LogP contribution in [0.5, 0.6) is 0 Å². The van der Waals surface area contributed by atoms with Gasteiger partial charge in [0.15, 0.2) is 17.4 Å². The Hall–Kier alpha value is -2.66. The van der Waals surface area contributed by atoms with Crippen molar-refractivity contribution in [3.05, 3.63) is 53.1 Å². The normalized spacial score (nSPS) is 25.8. The maximum absolute atomic E-state index is 13.4. The minimum absolute atomic E-state index is 0.00509. The Balaban J connectivity index is 1.79. The number of aromatic nitrogens is 4. The third kappa shape index (κ3) is 2.51. The quantitative estimate of drug-likeness (QED) is 0.565. The van der Waals surface area contributed by atoms with Crippen LogP contribution in [0.4, 0.5) is 4.39 Å². The number of rotatable bonds is 3. The number of hydrogen-bond donors (Lipinski definition) is 3. The first-order valence-electron chi connectivity index (χ1n) is 7.84. The third-order valence-electron chi connectivity index (χ3n) is 4.36. The molecule has 0 aliphatic carbocycles. The summed E-state index contributed by atoms with van der Waals surface area (Å²) in [4.78, 5) is 20.9. The summed E-state index contributed by atoms with van der Waals surface area (Å²) in [6, 6.07) is 5.48. The number of nitrogens with zero attached hydrogens (tertiary/aromatic N) is 4. The van der Waals surface area contributed by atoms with E-state index in [9.17, 15) is 24.5 Å². The Morgan fingerprint density at radius 1 is 1.19 bits per heavy atom. The van der Waals surface area contributed by atoms with E-state index in [1.807, 2.05) is 0 Å². The minimum atomic E-state index is -1.32. The molecule has 3 N–H and O–H groups in total. The first-order chi connectivity index (χ1) is 12.5. The number of imidazole rings is 1. The van der Waals surface area contributed by atoms with Gasteiger partial charge in [0.2, 0.25) is 0 Å². The van der Waals surface area contributed by atoms with Crippen molar-refractivity contribution in [2.45, 2.75) is 24.5 Å². The van der Waals surface area contributed by atoms with Crippen LogP contribution in [-0.2, 0) is 4.74 Å². The van der Waals surface area contributed by atoms with Crippen LogP contribution in [0.15, 0.2) is 41.7 Å². The molecule has 9 nitrogen and oxygen atoms in total. The van der Waals surface area contributed by atoms with Gasteiger partial charge in [-0.05, 0) is 18.2 Å². The van der Waals surface area contributed by atoms with Gasteiger partial charge in [0.05, 0.1) is 18.6 Å². The topological polar surface area (TPSA) is 123 Å². The minimum Gasteiger partial charge on any atom is -0.394 e. The highest BCUT2D eigenvalue weighted by molar-refractivity contribution is 5.69. The van der Waals surface area contributed by atoms with Crippen LogP contribution in [0.1, 0.15) is 6.23 Å². The van der Waals surface area contributed by atoms with Crippen LogP contribution in [0.2, 0.25) is 0 Å². The summed E-state index contributed by atoms with van der Waals surface area (Å²) in [6.07, 6.45) is -2.13. The predicted octanol–water partition coefficient (Wildman–Crippen LogP) is -0.667. The van der Waals surface area contributed by atoms with Gasteiger partial charge in [0.1, 0.15) is 30.5 Å². The average molecular weight is 362 g/mol. The molecule has 0 spiro atoms. The van der Waals surface area contributed by atoms with Crippen LogP contribution in [0.3, 0.4) is 0 Å². The van der Waals surface area contributed by atoms with E-state index in [2.05, 4.69) is 9.97 Å². The zero-order chi connectivity index (χ0) is 18.4. The fraction of sp³-hybridized carbons (Fsp3) is 0.312. The fourth-order valence-corrected chi connectivity index (χ4v) is 3.02. The molecule has 136 valence electrons. The standard InChI is InChI=1S/C16H15FN4O5/c17-8-2-1-3-9(4-8)20-7-19-14-11(15(20)25)18-6-21(14)16-13(24)12(23)10(5-22)26-16/h1-4,6-7,10,12-13,16,22-24H,5H2/t10-,12?,13+,16-/m1/s1. The van der Waals surface area contributed by atoms with Crippen LogP contribution in [-0.4, -0.2) is 59.3 Å². The smallest absolute Gasteiger partial charge is 0.286 e. The van der Waals surface area contributed by atoms with E-state index in [4.69, 9.17) is 4.74 Å². The Kier molecular flexibility index (Phi) is 4.04. The van der Waals surface area contributed by atoms with E-state index in [1.54, 1.807) is 6.07 Å². The number of ether oxygens (including phenoxy) is 1. The maximum atomic E-state index is 13.4. The van der Waals surface area contributed by atoms with Gasteiger partial charge in [0.25, 0.3) is 5.56 Å². The molecule has 1 fully saturated rings. The molecule has 1 aliphatic heterocycles. The van der Waals surface area contributed by atoms with Crippen LogP contribution < -0.4 is 5.56 Å². The molecule has 10 heteroatoms. The number of halogens is 1. The molecule has 26 heavy (non-hydrogen) atoms. The van der Waals surface area contributed by atoms with E-state index in [1.165, 1.54) is 35.4 Å². The Labute approximate surface area is 145 Å². The van der Waals surface area contributed by atoms with Gasteiger partial charge in [-0.25, -0.2) is 14.4 Å². The molecular formula is C16H15FN4O5. The molecule has 0 saturated carbocycles. The van der Waals surface area contributed by atoms with Gasteiger partial charge < -0.3 is 20.1 Å². The van der Waals surface area contributed by atoms with Crippen molar-refractivity contribution in [2.24, 2.45) is 0 Å². The molecule has 1 aliphatic rings. The van der Waals surface area contributed by atoms with Gasteiger partial charge in [-0.2, -0.15) is 0 Å². The lowest BCUT2D eigenvalue weighted by Crippen LogP contribution is -2.33. The molecule has 4 atom stereocenters. The second kappa shape index (κ2) is 6.25. The molecule has 2 aromatic heterocycles. The summed E-state index contributed by atoms with van der Waals surface area (Å²) in [6.45, 7) is -0.471. The Morgan fingerprint density at radius 3 is 2.69 bits per heavy atom. The molecule has 4 rings (SSSR count). The number of fused-ring (bicyclic) bond motifs is 1. The highest BCUT2D eigenvalue weighted by atomic mass is 19.1. The Morgan fingerprint density at radius 2 is 2.00 bits per heavy atom. The van der Waals surface area contributed by atoms with Crippen molar-refractivity contribution in [3.63, 3.8) is 0 Å². The highest BCUT2D eigenvalue weighted by Gasteiger charge is 2.44. The van der Waals surface area contributed by atoms with E-state index in [-0.39, 0.29) is 11.2 Å². The lowest BCUT2D eigenvalue weighted by Gasteiger charge is -2.16. The molecule has 0 radical (unpaired) electrons. The first kappa shape index (κ1) is 16.8. The van der Waals surface area contributed by atoms with E-state index in [0.29, 0.717) is 5.69 Å². The van der Waals surface area contributed by atoms with Crippen LogP contribution in [0, 0.1) is 5.82 Å². The zero-order valence-corrected chi connectivity index (χ0v) is 13.3. The van der Waals surface area contributed by atoms with Gasteiger partial charge in [-0.3, -0.25) is 13.9 Å². The molecule has 1 unspecified atom stereocenters. The van der Waals surface area contributed by atoms with Gasteiger partial charge in [-0.1, -0.05) is 6.07 Å². The maximum Gasteiger partial charge on any atom is 0.286 e. The van der Waals surface area contributed by atoms with Crippen molar-refractivity contribution < 1.29 is 24.4 Å². The van der Waals surface area contributed by atoms with Crippen molar-refractivity contribution in [1.82, 2.24) is 19.1 Å². The summed E-state index contributed by atoms with van der Waals surface area (Å²) >= 11 is 0. The van der Waals surface area contributed by atoms with Crippen molar-refractivity contribution >= 4 is 11.2 Å². The van der Waals surface area contributed by atoms with Gasteiger partial charge in [0, 0.05) is 0 Å². The molecule has 3 aromatic rings. The van der Waals surface area contributed by atoms with Crippen LogP contribution >= 0.6 is 0 Å². The average Bonchev–Trinajstić information content (AvgIpc) is 3.18. The Bertz CT molecular complexity index is 1020. The molecule has 1 saturated heterocycles. The van der Waals surface area contributed by atoms with E-state index in [0.717, 1.165) is 4.57 Å². The summed E-state index contributed by atoms with van der Waals surface area (Å²) in [5.41, 5.74) is -0.0926. The number of aliphatic hydroxyl groups is 3. The second-order valence-corrected chi connectivity index (χ2v) is 5.95. The van der Waals surface area contributed by atoms with Crippen LogP contribution in [0.25, 0.3) is 16.9 Å². The zero-order valence-electron chi connectivity index (χ0n) is 13.3. The summed E-state index contributed by atoms with van der Waals surface area (Å²) in [7, 11) is 0.